The highest BCUT2D eigenvalue weighted by molar-refractivity contribution is 6.31. The number of hydrogen-bond donors (Lipinski definition) is 0. The van der Waals surface area contributed by atoms with Crippen molar-refractivity contribution in [3.63, 3.8) is 0 Å². The van der Waals surface area contributed by atoms with Gasteiger partial charge < -0.3 is 14.7 Å². The van der Waals surface area contributed by atoms with Gasteiger partial charge in [-0.3, -0.25) is 0 Å². The maximum Gasteiger partial charge on any atom is 0.138 e. The molecule has 4 nitrogen and oxygen atoms in total. The molecule has 0 aromatic heterocycles. The van der Waals surface area contributed by atoms with Gasteiger partial charge in [-0.2, -0.15) is 0 Å². The van der Waals surface area contributed by atoms with Crippen LogP contribution in [0.3, 0.4) is 0 Å². The molecule has 0 spiro atoms. The summed E-state index contributed by atoms with van der Waals surface area (Å²) in [5.74, 6) is 1.07. The van der Waals surface area contributed by atoms with Crippen LogP contribution in [0.5, 0.6) is 0 Å². The van der Waals surface area contributed by atoms with Crippen LogP contribution < -0.4 is 4.90 Å². The Morgan fingerprint density at radius 2 is 1.81 bits per heavy atom. The molecule has 5 rings (SSSR count). The van der Waals surface area contributed by atoms with Crippen molar-refractivity contribution >= 4 is 34.5 Å². The number of benzene rings is 2. The maximum atomic E-state index is 6.40. The van der Waals surface area contributed by atoms with Gasteiger partial charge in [0.25, 0.3) is 0 Å². The van der Waals surface area contributed by atoms with Gasteiger partial charge in [0.15, 0.2) is 0 Å². The number of rotatable bonds is 0. The van der Waals surface area contributed by atoms with Crippen molar-refractivity contribution in [3.8, 4) is 0 Å². The molecule has 0 bridgehead atoms. The van der Waals surface area contributed by atoms with E-state index in [2.05, 4.69) is 52.9 Å². The van der Waals surface area contributed by atoms with E-state index in [1.165, 1.54) is 22.5 Å². The summed E-state index contributed by atoms with van der Waals surface area (Å²) < 4.78 is 0. The van der Waals surface area contributed by atoms with Crippen molar-refractivity contribution in [2.45, 2.75) is 13.3 Å². The van der Waals surface area contributed by atoms with E-state index in [9.17, 15) is 0 Å². The van der Waals surface area contributed by atoms with E-state index < -0.39 is 0 Å². The highest BCUT2D eigenvalue weighted by atomic mass is 35.5. The minimum absolute atomic E-state index is 0.770. The topological polar surface area (TPSA) is 22.1 Å². The third-order valence-electron chi connectivity index (χ3n) is 5.71. The predicted octanol–water partition coefficient (Wildman–Crippen LogP) is 3.98. The summed E-state index contributed by atoms with van der Waals surface area (Å²) in [6.07, 6.45) is 1.07. The minimum Gasteiger partial charge on any atom is -0.353 e. The van der Waals surface area contributed by atoms with Crippen LogP contribution in [0, 0.1) is 6.92 Å². The van der Waals surface area contributed by atoms with Gasteiger partial charge in [-0.25, -0.2) is 4.99 Å². The fourth-order valence-corrected chi connectivity index (χ4v) is 4.53. The van der Waals surface area contributed by atoms with E-state index in [4.69, 9.17) is 16.6 Å². The summed E-state index contributed by atoms with van der Waals surface area (Å²) in [4.78, 5) is 12.4. The van der Waals surface area contributed by atoms with E-state index in [0.717, 1.165) is 61.3 Å². The first-order valence-corrected chi connectivity index (χ1v) is 9.71. The van der Waals surface area contributed by atoms with Gasteiger partial charge in [0.2, 0.25) is 0 Å². The molecule has 0 aliphatic carbocycles. The molecule has 5 heteroatoms. The second-order valence-electron chi connectivity index (χ2n) is 7.58. The van der Waals surface area contributed by atoms with Gasteiger partial charge in [0.1, 0.15) is 5.84 Å². The van der Waals surface area contributed by atoms with Gasteiger partial charge in [-0.1, -0.05) is 17.7 Å². The van der Waals surface area contributed by atoms with Crippen LogP contribution in [-0.4, -0.2) is 55.4 Å². The molecule has 0 saturated carbocycles. The molecular formula is C21H23ClN4. The van der Waals surface area contributed by atoms with Crippen molar-refractivity contribution in [2.24, 2.45) is 4.99 Å². The van der Waals surface area contributed by atoms with Crippen LogP contribution in [0.1, 0.15) is 16.7 Å². The number of halogens is 1. The lowest BCUT2D eigenvalue weighted by molar-refractivity contribution is 0.216. The normalized spacial score (nSPS) is 19.1. The van der Waals surface area contributed by atoms with Crippen LogP contribution in [-0.2, 0) is 6.42 Å². The van der Waals surface area contributed by atoms with E-state index in [-0.39, 0.29) is 0 Å². The summed E-state index contributed by atoms with van der Waals surface area (Å²) in [5.41, 5.74) is 7.45. The van der Waals surface area contributed by atoms with Crippen LogP contribution in [0.4, 0.5) is 17.1 Å². The zero-order valence-corrected chi connectivity index (χ0v) is 16.1. The molecule has 1 fully saturated rings. The molecule has 0 amide bonds. The number of hydrogen-bond acceptors (Lipinski definition) is 4. The lowest BCUT2D eigenvalue weighted by Gasteiger charge is -2.35. The number of piperazine rings is 1. The monoisotopic (exact) mass is 366 g/mol. The van der Waals surface area contributed by atoms with E-state index >= 15 is 0 Å². The van der Waals surface area contributed by atoms with Gasteiger partial charge in [-0.15, -0.1) is 0 Å². The average molecular weight is 367 g/mol. The Morgan fingerprint density at radius 1 is 1.00 bits per heavy atom. The first-order valence-electron chi connectivity index (χ1n) is 9.33. The van der Waals surface area contributed by atoms with Crippen molar-refractivity contribution in [3.05, 3.63) is 52.0 Å². The summed E-state index contributed by atoms with van der Waals surface area (Å²) >= 11 is 6.40. The van der Waals surface area contributed by atoms with Crippen molar-refractivity contribution < 1.29 is 0 Å². The second-order valence-corrected chi connectivity index (χ2v) is 8.02. The third-order valence-corrected chi connectivity index (χ3v) is 5.94. The molecule has 1 saturated heterocycles. The molecule has 3 aliphatic rings. The Hall–Kier alpha value is -2.04. The lowest BCUT2D eigenvalue weighted by Crippen LogP contribution is -2.47. The van der Waals surface area contributed by atoms with Gasteiger partial charge in [-0.05, 0) is 55.8 Å². The summed E-state index contributed by atoms with van der Waals surface area (Å²) in [7, 11) is 2.18. The number of aryl methyl sites for hydroxylation is 1. The molecule has 2 aromatic rings. The first kappa shape index (κ1) is 16.2. The Labute approximate surface area is 159 Å². The number of anilines is 2. The first-order chi connectivity index (χ1) is 12.6. The number of amidine groups is 1. The van der Waals surface area contributed by atoms with Crippen molar-refractivity contribution in [1.82, 2.24) is 9.80 Å². The maximum absolute atomic E-state index is 6.40. The summed E-state index contributed by atoms with van der Waals surface area (Å²) in [5, 5.41) is 0.770. The number of aliphatic imine (C=N–C) groups is 1. The summed E-state index contributed by atoms with van der Waals surface area (Å²) in [6.45, 7) is 7.28. The van der Waals surface area contributed by atoms with E-state index in [1.807, 2.05) is 6.07 Å². The minimum atomic E-state index is 0.770. The van der Waals surface area contributed by atoms with Crippen LogP contribution in [0.15, 0.2) is 35.3 Å². The van der Waals surface area contributed by atoms with Crippen LogP contribution in [0.25, 0.3) is 0 Å². The zero-order valence-electron chi connectivity index (χ0n) is 15.3. The van der Waals surface area contributed by atoms with Crippen molar-refractivity contribution in [2.75, 3.05) is 44.7 Å². The third kappa shape index (κ3) is 2.51. The van der Waals surface area contributed by atoms with Crippen LogP contribution in [0.2, 0.25) is 5.02 Å². The highest BCUT2D eigenvalue weighted by Crippen LogP contribution is 2.46. The Morgan fingerprint density at radius 3 is 2.62 bits per heavy atom. The molecule has 134 valence electrons. The standard InChI is InChI=1S/C21H23ClN4/c1-14-11-15-5-6-26-19-4-3-16(22)13-17(19)21(23-18(12-14)20(15)26)25-9-7-24(2)8-10-25/h3-4,11-13H,5-10H2,1-2H3. The van der Waals surface area contributed by atoms with E-state index in [1.54, 1.807) is 0 Å². The zero-order chi connectivity index (χ0) is 17.8. The lowest BCUT2D eigenvalue weighted by atomic mass is 10.1. The molecule has 0 unspecified atom stereocenters. The second kappa shape index (κ2) is 6.00. The SMILES string of the molecule is Cc1cc2c3c(c1)N=C(N1CCN(C)CC1)c1cc(Cl)ccc1N3CC2. The fourth-order valence-electron chi connectivity index (χ4n) is 4.36. The Balaban J connectivity index is 1.73. The molecule has 3 heterocycles. The largest absolute Gasteiger partial charge is 0.353 e. The van der Waals surface area contributed by atoms with E-state index in [0.29, 0.717) is 0 Å². The molecule has 0 N–H and O–H groups in total. The number of fused-ring (bicyclic) bond motifs is 2. The van der Waals surface area contributed by atoms with Crippen LogP contribution >= 0.6 is 11.6 Å². The predicted molar refractivity (Wildman–Crippen MR) is 109 cm³/mol. The molecule has 26 heavy (non-hydrogen) atoms. The summed E-state index contributed by atoms with van der Waals surface area (Å²) in [6, 6.07) is 10.8. The average Bonchev–Trinajstić information content (AvgIpc) is 2.98. The molecule has 0 radical (unpaired) electrons. The van der Waals surface area contributed by atoms with Gasteiger partial charge in [0, 0.05) is 43.3 Å². The van der Waals surface area contributed by atoms with Crippen molar-refractivity contribution in [1.29, 1.82) is 0 Å². The number of likely N-dealkylation sites (N-methyl/N-ethyl adjacent to an activating group) is 1. The fraction of sp³-hybridized carbons (Fsp3) is 0.381. The molecular weight excluding hydrogens is 344 g/mol. The van der Waals surface area contributed by atoms with Gasteiger partial charge in [0.05, 0.1) is 17.1 Å². The number of nitrogens with zero attached hydrogens (tertiary/aromatic N) is 4. The quantitative estimate of drug-likeness (QED) is 0.704. The van der Waals surface area contributed by atoms with Gasteiger partial charge >= 0.3 is 0 Å². The highest BCUT2D eigenvalue weighted by Gasteiger charge is 2.32. The smallest absolute Gasteiger partial charge is 0.138 e. The molecule has 2 aromatic carbocycles. The Kier molecular flexibility index (Phi) is 3.73. The molecule has 0 atom stereocenters. The molecule has 3 aliphatic heterocycles. The Bertz CT molecular complexity index is 912.